The van der Waals surface area contributed by atoms with Crippen LogP contribution in [0.2, 0.25) is 5.02 Å². The summed E-state index contributed by atoms with van der Waals surface area (Å²) >= 11 is 5.83. The molecule has 1 unspecified atom stereocenters. The van der Waals surface area contributed by atoms with Gasteiger partial charge < -0.3 is 5.73 Å². The molecule has 0 bridgehead atoms. The van der Waals surface area contributed by atoms with Gasteiger partial charge in [0.15, 0.2) is 0 Å². The van der Waals surface area contributed by atoms with Crippen LogP contribution in [0.1, 0.15) is 51.1 Å². The average molecular weight is 301 g/mol. The second-order valence-corrected chi connectivity index (χ2v) is 5.60. The van der Waals surface area contributed by atoms with Crippen molar-refractivity contribution in [2.24, 2.45) is 5.73 Å². The van der Waals surface area contributed by atoms with E-state index in [1.807, 2.05) is 0 Å². The molecule has 0 radical (unpaired) electrons. The Morgan fingerprint density at radius 3 is 2.25 bits per heavy atom. The van der Waals surface area contributed by atoms with Crippen LogP contribution in [0.5, 0.6) is 0 Å². The molecule has 114 valence electrons. The van der Waals surface area contributed by atoms with Gasteiger partial charge in [0.2, 0.25) is 0 Å². The fourth-order valence-electron chi connectivity index (χ4n) is 2.39. The van der Waals surface area contributed by atoms with E-state index in [0.29, 0.717) is 17.1 Å². The maximum atomic E-state index is 14.1. The summed E-state index contributed by atoms with van der Waals surface area (Å²) < 4.78 is 14.1. The molecule has 0 aliphatic heterocycles. The van der Waals surface area contributed by atoms with Crippen molar-refractivity contribution >= 4 is 11.6 Å². The zero-order valence-electron chi connectivity index (χ0n) is 12.5. The molecule has 1 atom stereocenters. The Morgan fingerprint density at radius 2 is 1.80 bits per heavy atom. The second kappa shape index (κ2) is 9.32. The first kappa shape index (κ1) is 17.4. The van der Waals surface area contributed by atoms with Crippen LogP contribution in [0.15, 0.2) is 18.2 Å². The van der Waals surface area contributed by atoms with Gasteiger partial charge in [-0.05, 0) is 38.1 Å². The third-order valence-corrected chi connectivity index (χ3v) is 3.82. The average Bonchev–Trinajstić information content (AvgIpc) is 2.43. The predicted octanol–water partition coefficient (Wildman–Crippen LogP) is 4.38. The zero-order valence-corrected chi connectivity index (χ0v) is 13.3. The van der Waals surface area contributed by atoms with Crippen molar-refractivity contribution in [1.29, 1.82) is 0 Å². The van der Waals surface area contributed by atoms with E-state index in [2.05, 4.69) is 18.7 Å². The molecule has 2 nitrogen and oxygen atoms in total. The van der Waals surface area contributed by atoms with Crippen molar-refractivity contribution in [2.45, 2.75) is 45.6 Å². The van der Waals surface area contributed by atoms with Crippen LogP contribution in [-0.2, 0) is 0 Å². The molecular weight excluding hydrogens is 275 g/mol. The maximum absolute atomic E-state index is 14.1. The van der Waals surface area contributed by atoms with E-state index in [9.17, 15) is 4.39 Å². The summed E-state index contributed by atoms with van der Waals surface area (Å²) in [6, 6.07) is 4.81. The molecule has 0 saturated heterocycles. The number of unbranched alkanes of at least 4 members (excludes halogenated alkanes) is 2. The highest BCUT2D eigenvalue weighted by Gasteiger charge is 2.21. The fraction of sp³-hybridized carbons (Fsp3) is 0.625. The van der Waals surface area contributed by atoms with Crippen LogP contribution >= 0.6 is 11.6 Å². The van der Waals surface area contributed by atoms with Crippen molar-refractivity contribution in [3.05, 3.63) is 34.6 Å². The molecule has 0 heterocycles. The van der Waals surface area contributed by atoms with Gasteiger partial charge in [0.1, 0.15) is 5.82 Å². The van der Waals surface area contributed by atoms with Crippen molar-refractivity contribution < 1.29 is 4.39 Å². The van der Waals surface area contributed by atoms with Crippen LogP contribution in [-0.4, -0.2) is 24.5 Å². The van der Waals surface area contributed by atoms with Crippen molar-refractivity contribution in [3.8, 4) is 0 Å². The molecule has 0 aromatic heterocycles. The minimum Gasteiger partial charge on any atom is -0.329 e. The molecule has 20 heavy (non-hydrogen) atoms. The Morgan fingerprint density at radius 1 is 1.20 bits per heavy atom. The lowest BCUT2D eigenvalue weighted by Crippen LogP contribution is -2.35. The first-order valence-electron chi connectivity index (χ1n) is 7.53. The first-order chi connectivity index (χ1) is 9.63. The summed E-state index contributed by atoms with van der Waals surface area (Å²) in [6.45, 7) is 6.67. The number of halogens is 2. The molecule has 0 saturated carbocycles. The van der Waals surface area contributed by atoms with E-state index in [-0.39, 0.29) is 11.9 Å². The Hall–Kier alpha value is -0.640. The van der Waals surface area contributed by atoms with E-state index in [1.165, 1.54) is 6.07 Å². The molecule has 1 aromatic carbocycles. The molecule has 2 N–H and O–H groups in total. The number of nitrogens with zero attached hydrogens (tertiary/aromatic N) is 1. The quantitative estimate of drug-likeness (QED) is 0.733. The van der Waals surface area contributed by atoms with Gasteiger partial charge in [-0.3, -0.25) is 4.90 Å². The zero-order chi connectivity index (χ0) is 15.0. The van der Waals surface area contributed by atoms with Crippen molar-refractivity contribution in [1.82, 2.24) is 4.90 Å². The van der Waals surface area contributed by atoms with E-state index in [0.717, 1.165) is 38.8 Å². The van der Waals surface area contributed by atoms with E-state index < -0.39 is 0 Å². The van der Waals surface area contributed by atoms with Crippen molar-refractivity contribution in [2.75, 3.05) is 19.6 Å². The Kier molecular flexibility index (Phi) is 8.12. The first-order valence-corrected chi connectivity index (χ1v) is 7.90. The molecule has 0 fully saturated rings. The van der Waals surface area contributed by atoms with Crippen LogP contribution < -0.4 is 5.73 Å². The lowest BCUT2D eigenvalue weighted by molar-refractivity contribution is 0.192. The number of hydrogen-bond acceptors (Lipinski definition) is 2. The maximum Gasteiger partial charge on any atom is 0.129 e. The Bertz CT molecular complexity index is 390. The van der Waals surface area contributed by atoms with Crippen LogP contribution in [0.3, 0.4) is 0 Å². The SMILES string of the molecule is CCCCN(CCCC)C(CN)c1ccc(Cl)cc1F. The van der Waals surface area contributed by atoms with Gasteiger partial charge in [0.25, 0.3) is 0 Å². The van der Waals surface area contributed by atoms with Gasteiger partial charge >= 0.3 is 0 Å². The number of hydrogen-bond donors (Lipinski definition) is 1. The molecule has 1 aromatic rings. The lowest BCUT2D eigenvalue weighted by Gasteiger charge is -2.31. The van der Waals surface area contributed by atoms with E-state index in [4.69, 9.17) is 17.3 Å². The highest BCUT2D eigenvalue weighted by molar-refractivity contribution is 6.30. The lowest BCUT2D eigenvalue weighted by atomic mass is 10.0. The van der Waals surface area contributed by atoms with Crippen LogP contribution in [0.4, 0.5) is 4.39 Å². The van der Waals surface area contributed by atoms with Crippen molar-refractivity contribution in [3.63, 3.8) is 0 Å². The predicted molar refractivity (Wildman–Crippen MR) is 84.6 cm³/mol. The number of nitrogens with two attached hydrogens (primary N) is 1. The van der Waals surface area contributed by atoms with E-state index in [1.54, 1.807) is 12.1 Å². The monoisotopic (exact) mass is 300 g/mol. The smallest absolute Gasteiger partial charge is 0.129 e. The Balaban J connectivity index is 2.92. The topological polar surface area (TPSA) is 29.3 Å². The second-order valence-electron chi connectivity index (χ2n) is 5.16. The molecule has 0 amide bonds. The largest absolute Gasteiger partial charge is 0.329 e. The number of rotatable bonds is 9. The normalized spacial score (nSPS) is 12.9. The van der Waals surface area contributed by atoms with Gasteiger partial charge in [-0.15, -0.1) is 0 Å². The van der Waals surface area contributed by atoms with E-state index >= 15 is 0 Å². The molecule has 0 spiro atoms. The summed E-state index contributed by atoms with van der Waals surface area (Å²) in [4.78, 5) is 2.30. The van der Waals surface area contributed by atoms with Crippen LogP contribution in [0.25, 0.3) is 0 Å². The minimum absolute atomic E-state index is 0.0645. The summed E-state index contributed by atoms with van der Waals surface area (Å²) in [7, 11) is 0. The van der Waals surface area contributed by atoms with Gasteiger partial charge in [-0.2, -0.15) is 0 Å². The number of benzene rings is 1. The summed E-state index contributed by atoms with van der Waals surface area (Å²) in [5.74, 6) is -0.258. The van der Waals surface area contributed by atoms with Gasteiger partial charge in [-0.25, -0.2) is 4.39 Å². The minimum atomic E-state index is -0.258. The van der Waals surface area contributed by atoms with Gasteiger partial charge in [0, 0.05) is 23.2 Å². The summed E-state index contributed by atoms with van der Waals surface area (Å²) in [5, 5.41) is 0.427. The highest BCUT2D eigenvalue weighted by Crippen LogP contribution is 2.25. The fourth-order valence-corrected chi connectivity index (χ4v) is 2.55. The standard InChI is InChI=1S/C16H26ClFN2/c1-3-5-9-20(10-6-4-2)16(12-19)14-8-7-13(17)11-15(14)18/h7-8,11,16H,3-6,9-10,12,19H2,1-2H3. The third-order valence-electron chi connectivity index (χ3n) is 3.58. The molecule has 0 aliphatic rings. The Labute approximate surface area is 127 Å². The molecule has 0 aliphatic carbocycles. The summed E-state index contributed by atoms with van der Waals surface area (Å²) in [6.07, 6.45) is 4.47. The molecule has 1 rings (SSSR count). The summed E-state index contributed by atoms with van der Waals surface area (Å²) in [5.41, 5.74) is 6.57. The third kappa shape index (κ3) is 5.04. The van der Waals surface area contributed by atoms with Crippen LogP contribution in [0, 0.1) is 5.82 Å². The van der Waals surface area contributed by atoms with Gasteiger partial charge in [-0.1, -0.05) is 44.4 Å². The molecule has 4 heteroatoms. The highest BCUT2D eigenvalue weighted by atomic mass is 35.5. The van der Waals surface area contributed by atoms with Gasteiger partial charge in [0.05, 0.1) is 0 Å². The molecular formula is C16H26ClFN2.